The zero-order valence-electron chi connectivity index (χ0n) is 8.66. The van der Waals surface area contributed by atoms with Crippen molar-refractivity contribution < 1.29 is 19.3 Å². The average Bonchev–Trinajstić information content (AvgIpc) is 2.12. The van der Waals surface area contributed by atoms with E-state index in [1.165, 1.54) is 0 Å². The quantitative estimate of drug-likeness (QED) is 0.606. The maximum absolute atomic E-state index is 9.34. The Morgan fingerprint density at radius 1 is 1.00 bits per heavy atom. The Labute approximate surface area is 79.8 Å². The predicted octanol–water partition coefficient (Wildman–Crippen LogP) is 0.435. The summed E-state index contributed by atoms with van der Waals surface area (Å²) in [5.41, 5.74) is 0. The fourth-order valence-corrected chi connectivity index (χ4v) is 1.11. The first-order chi connectivity index (χ1) is 6.24. The molecule has 0 saturated carbocycles. The van der Waals surface area contributed by atoms with E-state index < -0.39 is 6.10 Å². The highest BCUT2D eigenvalue weighted by molar-refractivity contribution is 4.61. The summed E-state index contributed by atoms with van der Waals surface area (Å²) in [6.07, 6.45) is 1.13. The minimum Gasteiger partial charge on any atom is -0.391 e. The van der Waals surface area contributed by atoms with Gasteiger partial charge in [-0.3, -0.25) is 0 Å². The van der Waals surface area contributed by atoms with Gasteiger partial charge in [0.15, 0.2) is 0 Å². The van der Waals surface area contributed by atoms with Gasteiger partial charge < -0.3 is 19.3 Å². The second-order valence-corrected chi connectivity index (χ2v) is 3.00. The third kappa shape index (κ3) is 6.95. The van der Waals surface area contributed by atoms with E-state index in [9.17, 15) is 5.11 Å². The maximum atomic E-state index is 9.34. The topological polar surface area (TPSA) is 47.9 Å². The lowest BCUT2D eigenvalue weighted by Crippen LogP contribution is -2.22. The zero-order valence-corrected chi connectivity index (χ0v) is 8.66. The van der Waals surface area contributed by atoms with Gasteiger partial charge in [0.1, 0.15) is 0 Å². The first-order valence-corrected chi connectivity index (χ1v) is 4.43. The molecular formula is C9H20O4. The molecule has 0 aromatic heterocycles. The SMILES string of the molecule is COC[C@@H](O)CC[C@H](COC)OC. The Hall–Kier alpha value is -0.160. The number of rotatable bonds is 8. The molecule has 4 heteroatoms. The standard InChI is InChI=1S/C9H20O4/c1-11-6-8(10)4-5-9(13-3)7-12-2/h8-10H,4-7H2,1-3H3/t8-,9+/m0/s1. The molecule has 0 spiro atoms. The number of ether oxygens (including phenoxy) is 3. The molecule has 0 radical (unpaired) electrons. The lowest BCUT2D eigenvalue weighted by atomic mass is 10.1. The Kier molecular flexibility index (Phi) is 8.33. The summed E-state index contributed by atoms with van der Waals surface area (Å²) in [6, 6.07) is 0. The van der Waals surface area contributed by atoms with Gasteiger partial charge in [0.25, 0.3) is 0 Å². The van der Waals surface area contributed by atoms with Crippen molar-refractivity contribution in [1.29, 1.82) is 0 Å². The number of methoxy groups -OCH3 is 3. The van der Waals surface area contributed by atoms with E-state index in [0.717, 1.165) is 6.42 Å². The van der Waals surface area contributed by atoms with Gasteiger partial charge in [0.05, 0.1) is 25.4 Å². The van der Waals surface area contributed by atoms with Gasteiger partial charge in [-0.2, -0.15) is 0 Å². The summed E-state index contributed by atoms with van der Waals surface area (Å²) in [5, 5.41) is 9.34. The number of hydrogen-bond acceptors (Lipinski definition) is 4. The smallest absolute Gasteiger partial charge is 0.0805 e. The van der Waals surface area contributed by atoms with E-state index in [1.54, 1.807) is 21.3 Å². The predicted molar refractivity (Wildman–Crippen MR) is 49.8 cm³/mol. The van der Waals surface area contributed by atoms with Crippen LogP contribution < -0.4 is 0 Å². The highest BCUT2D eigenvalue weighted by Gasteiger charge is 2.10. The van der Waals surface area contributed by atoms with Crippen LogP contribution in [0.15, 0.2) is 0 Å². The normalized spacial score (nSPS) is 15.7. The van der Waals surface area contributed by atoms with Crippen molar-refractivity contribution in [2.75, 3.05) is 34.5 Å². The van der Waals surface area contributed by atoms with E-state index >= 15 is 0 Å². The molecule has 0 rings (SSSR count). The summed E-state index contributed by atoms with van der Waals surface area (Å²) >= 11 is 0. The molecule has 0 unspecified atom stereocenters. The third-order valence-corrected chi connectivity index (χ3v) is 1.87. The van der Waals surface area contributed by atoms with Crippen LogP contribution in [0.4, 0.5) is 0 Å². The van der Waals surface area contributed by atoms with Crippen molar-refractivity contribution in [3.8, 4) is 0 Å². The van der Waals surface area contributed by atoms with Gasteiger partial charge in [-0.05, 0) is 12.8 Å². The summed E-state index contributed by atoms with van der Waals surface area (Å²) in [4.78, 5) is 0. The van der Waals surface area contributed by atoms with Gasteiger partial charge >= 0.3 is 0 Å². The zero-order chi connectivity index (χ0) is 10.1. The van der Waals surface area contributed by atoms with Crippen LogP contribution in [0, 0.1) is 0 Å². The number of aliphatic hydroxyl groups is 1. The molecule has 0 saturated heterocycles. The summed E-state index contributed by atoms with van der Waals surface area (Å²) < 4.78 is 14.9. The Balaban J connectivity index is 3.46. The summed E-state index contributed by atoms with van der Waals surface area (Å²) in [6.45, 7) is 0.944. The first-order valence-electron chi connectivity index (χ1n) is 4.43. The van der Waals surface area contributed by atoms with Crippen molar-refractivity contribution in [1.82, 2.24) is 0 Å². The molecule has 0 aliphatic carbocycles. The molecule has 0 heterocycles. The number of hydrogen-bond donors (Lipinski definition) is 1. The molecule has 80 valence electrons. The molecule has 0 aliphatic rings. The highest BCUT2D eigenvalue weighted by Crippen LogP contribution is 2.05. The van der Waals surface area contributed by atoms with Crippen molar-refractivity contribution in [2.24, 2.45) is 0 Å². The van der Waals surface area contributed by atoms with Crippen LogP contribution in [-0.2, 0) is 14.2 Å². The van der Waals surface area contributed by atoms with Gasteiger partial charge in [-0.15, -0.1) is 0 Å². The van der Waals surface area contributed by atoms with Crippen LogP contribution in [0.25, 0.3) is 0 Å². The van der Waals surface area contributed by atoms with Crippen LogP contribution >= 0.6 is 0 Å². The Morgan fingerprint density at radius 2 is 1.62 bits per heavy atom. The van der Waals surface area contributed by atoms with Crippen LogP contribution in [0.5, 0.6) is 0 Å². The third-order valence-electron chi connectivity index (χ3n) is 1.87. The molecule has 0 aliphatic heterocycles. The average molecular weight is 192 g/mol. The summed E-state index contributed by atoms with van der Waals surface area (Å²) in [5.74, 6) is 0. The van der Waals surface area contributed by atoms with Crippen LogP contribution in [-0.4, -0.2) is 51.9 Å². The lowest BCUT2D eigenvalue weighted by Gasteiger charge is -2.16. The summed E-state index contributed by atoms with van der Waals surface area (Å²) in [7, 11) is 4.86. The largest absolute Gasteiger partial charge is 0.391 e. The van der Waals surface area contributed by atoms with Gasteiger partial charge in [0.2, 0.25) is 0 Å². The molecule has 1 N–H and O–H groups in total. The van der Waals surface area contributed by atoms with Crippen molar-refractivity contribution >= 4 is 0 Å². The Morgan fingerprint density at radius 3 is 2.08 bits per heavy atom. The molecule has 13 heavy (non-hydrogen) atoms. The van der Waals surface area contributed by atoms with E-state index in [4.69, 9.17) is 14.2 Å². The minimum absolute atomic E-state index is 0.0662. The van der Waals surface area contributed by atoms with Crippen molar-refractivity contribution in [2.45, 2.75) is 25.0 Å². The molecule has 0 aromatic rings. The molecule has 0 amide bonds. The van der Waals surface area contributed by atoms with Gasteiger partial charge in [-0.1, -0.05) is 0 Å². The van der Waals surface area contributed by atoms with Crippen LogP contribution in [0.3, 0.4) is 0 Å². The molecular weight excluding hydrogens is 172 g/mol. The van der Waals surface area contributed by atoms with E-state index in [-0.39, 0.29) is 6.10 Å². The molecule has 0 bridgehead atoms. The Bertz CT molecular complexity index is 108. The second-order valence-electron chi connectivity index (χ2n) is 3.00. The maximum Gasteiger partial charge on any atom is 0.0805 e. The monoisotopic (exact) mass is 192 g/mol. The number of aliphatic hydroxyl groups excluding tert-OH is 1. The van der Waals surface area contributed by atoms with Crippen LogP contribution in [0.2, 0.25) is 0 Å². The van der Waals surface area contributed by atoms with E-state index in [1.807, 2.05) is 0 Å². The fourth-order valence-electron chi connectivity index (χ4n) is 1.11. The molecule has 0 aromatic carbocycles. The second kappa shape index (κ2) is 8.44. The minimum atomic E-state index is -0.403. The van der Waals surface area contributed by atoms with Crippen molar-refractivity contribution in [3.63, 3.8) is 0 Å². The fraction of sp³-hybridized carbons (Fsp3) is 1.00. The highest BCUT2D eigenvalue weighted by atomic mass is 16.5. The van der Waals surface area contributed by atoms with Gasteiger partial charge in [-0.25, -0.2) is 0 Å². The first kappa shape index (κ1) is 12.8. The van der Waals surface area contributed by atoms with E-state index in [2.05, 4.69) is 0 Å². The molecule has 2 atom stereocenters. The molecule has 0 fully saturated rings. The lowest BCUT2D eigenvalue weighted by molar-refractivity contribution is 0.00395. The van der Waals surface area contributed by atoms with Gasteiger partial charge in [0, 0.05) is 21.3 Å². The van der Waals surface area contributed by atoms with E-state index in [0.29, 0.717) is 19.6 Å². The molecule has 4 nitrogen and oxygen atoms in total. The van der Waals surface area contributed by atoms with Crippen molar-refractivity contribution in [3.05, 3.63) is 0 Å². The van der Waals surface area contributed by atoms with Crippen LogP contribution in [0.1, 0.15) is 12.8 Å².